The molecule has 0 spiro atoms. The summed E-state index contributed by atoms with van der Waals surface area (Å²) in [5.41, 5.74) is 2.89. The van der Waals surface area contributed by atoms with E-state index in [9.17, 15) is 4.79 Å². The molecule has 3 aromatic carbocycles. The van der Waals surface area contributed by atoms with Crippen LogP contribution in [0.15, 0.2) is 83.8 Å². The summed E-state index contributed by atoms with van der Waals surface area (Å²) >= 11 is 6.74. The fraction of sp³-hybridized carbons (Fsp3) is 0.185. The summed E-state index contributed by atoms with van der Waals surface area (Å²) in [7, 11) is 0. The van der Waals surface area contributed by atoms with Gasteiger partial charge in [0, 0.05) is 0 Å². The summed E-state index contributed by atoms with van der Waals surface area (Å²) < 4.78 is 12.3. The van der Waals surface area contributed by atoms with Crippen molar-refractivity contribution in [2.75, 3.05) is 18.1 Å². The fourth-order valence-corrected chi connectivity index (χ4v) is 4.78. The van der Waals surface area contributed by atoms with Crippen LogP contribution in [0.4, 0.5) is 5.69 Å². The first-order chi connectivity index (χ1) is 16.0. The van der Waals surface area contributed by atoms with E-state index in [1.807, 2.05) is 78.9 Å². The molecule has 0 saturated carbocycles. The van der Waals surface area contributed by atoms with Crippen LogP contribution in [0.5, 0.6) is 11.5 Å². The molecular weight excluding hydrogens is 450 g/mol. The molecule has 0 bridgehead atoms. The zero-order valence-electron chi connectivity index (χ0n) is 18.6. The molecule has 1 amide bonds. The smallest absolute Gasteiger partial charge is 0.270 e. The minimum Gasteiger partial charge on any atom is -0.490 e. The molecule has 0 aliphatic carbocycles. The molecule has 0 radical (unpaired) electrons. The van der Waals surface area contributed by atoms with Crippen LogP contribution >= 0.6 is 24.0 Å². The molecule has 1 fully saturated rings. The molecular formula is C27H25NO3S2. The first kappa shape index (κ1) is 23.1. The topological polar surface area (TPSA) is 38.8 Å². The zero-order valence-corrected chi connectivity index (χ0v) is 20.2. The van der Waals surface area contributed by atoms with E-state index < -0.39 is 0 Å². The number of nitrogens with zero attached hydrogens (tertiary/aromatic N) is 1. The van der Waals surface area contributed by atoms with Crippen molar-refractivity contribution >= 4 is 46.0 Å². The van der Waals surface area contributed by atoms with Crippen molar-refractivity contribution in [3.05, 3.63) is 94.9 Å². The number of carbonyl (C=O) groups excluding carboxylic acids is 1. The van der Waals surface area contributed by atoms with E-state index in [0.29, 0.717) is 28.4 Å². The summed E-state index contributed by atoms with van der Waals surface area (Å²) in [4.78, 5) is 15.0. The monoisotopic (exact) mass is 475 g/mol. The third-order valence-corrected chi connectivity index (χ3v) is 6.44. The highest BCUT2D eigenvalue weighted by molar-refractivity contribution is 8.27. The SMILES string of the molecule is CC(C)c1ccccc1OCCOc1ccc(/C=C2\SC(=S)N(c3ccccc3)C2=O)cc1. The van der Waals surface area contributed by atoms with Gasteiger partial charge in [-0.25, -0.2) is 0 Å². The van der Waals surface area contributed by atoms with Gasteiger partial charge in [-0.3, -0.25) is 9.69 Å². The molecule has 0 N–H and O–H groups in total. The number of amides is 1. The van der Waals surface area contributed by atoms with Crippen molar-refractivity contribution in [2.45, 2.75) is 19.8 Å². The van der Waals surface area contributed by atoms with Gasteiger partial charge in [0.1, 0.15) is 24.7 Å². The summed E-state index contributed by atoms with van der Waals surface area (Å²) in [6.07, 6.45) is 1.86. The molecule has 3 aromatic rings. The standard InChI is InChI=1S/C27H25NO3S2/c1-19(2)23-10-6-7-11-24(23)31-17-16-30-22-14-12-20(13-15-22)18-25-26(29)28(27(32)33-25)21-8-4-3-5-9-21/h3-15,18-19H,16-17H2,1-2H3/b25-18-. The van der Waals surface area contributed by atoms with Gasteiger partial charge in [0.25, 0.3) is 5.91 Å². The van der Waals surface area contributed by atoms with Crippen LogP contribution in [-0.4, -0.2) is 23.4 Å². The van der Waals surface area contributed by atoms with Crippen LogP contribution in [0.2, 0.25) is 0 Å². The van der Waals surface area contributed by atoms with Crippen molar-refractivity contribution in [3.63, 3.8) is 0 Å². The largest absolute Gasteiger partial charge is 0.490 e. The Balaban J connectivity index is 1.33. The molecule has 4 nitrogen and oxygen atoms in total. The summed E-state index contributed by atoms with van der Waals surface area (Å²) in [6.45, 7) is 5.22. The van der Waals surface area contributed by atoms with Gasteiger partial charge in [0.15, 0.2) is 4.32 Å². The number of para-hydroxylation sites is 2. The number of benzene rings is 3. The Labute approximate surface area is 204 Å². The summed E-state index contributed by atoms with van der Waals surface area (Å²) in [5.74, 6) is 1.96. The van der Waals surface area contributed by atoms with E-state index in [0.717, 1.165) is 22.7 Å². The number of thioether (sulfide) groups is 1. The van der Waals surface area contributed by atoms with E-state index in [2.05, 4.69) is 19.9 Å². The third kappa shape index (κ3) is 5.64. The number of carbonyl (C=O) groups is 1. The molecule has 0 unspecified atom stereocenters. The number of thiocarbonyl (C=S) groups is 1. The summed E-state index contributed by atoms with van der Waals surface area (Å²) in [6, 6.07) is 25.2. The maximum absolute atomic E-state index is 12.9. The Morgan fingerprint density at radius 2 is 1.58 bits per heavy atom. The molecule has 4 rings (SSSR count). The second kappa shape index (κ2) is 10.7. The van der Waals surface area contributed by atoms with Gasteiger partial charge in [-0.2, -0.15) is 0 Å². The van der Waals surface area contributed by atoms with Crippen molar-refractivity contribution in [1.82, 2.24) is 0 Å². The minimum absolute atomic E-state index is 0.102. The average molecular weight is 476 g/mol. The van der Waals surface area contributed by atoms with Crippen LogP contribution in [0.1, 0.15) is 30.9 Å². The number of hydrogen-bond donors (Lipinski definition) is 0. The maximum Gasteiger partial charge on any atom is 0.270 e. The van der Waals surface area contributed by atoms with Crippen LogP contribution in [0.3, 0.4) is 0 Å². The first-order valence-corrected chi connectivity index (χ1v) is 12.0. The Morgan fingerprint density at radius 1 is 0.909 bits per heavy atom. The number of ether oxygens (including phenoxy) is 2. The molecule has 0 atom stereocenters. The maximum atomic E-state index is 12.9. The van der Waals surface area contributed by atoms with Crippen molar-refractivity contribution in [2.24, 2.45) is 0 Å². The molecule has 0 aromatic heterocycles. The second-order valence-electron chi connectivity index (χ2n) is 7.81. The van der Waals surface area contributed by atoms with Gasteiger partial charge < -0.3 is 9.47 Å². The second-order valence-corrected chi connectivity index (χ2v) is 9.49. The quantitative estimate of drug-likeness (QED) is 0.207. The Bertz CT molecular complexity index is 1160. The van der Waals surface area contributed by atoms with Crippen molar-refractivity contribution < 1.29 is 14.3 Å². The molecule has 168 valence electrons. The highest BCUT2D eigenvalue weighted by Crippen LogP contribution is 2.36. The highest BCUT2D eigenvalue weighted by atomic mass is 32.2. The molecule has 6 heteroatoms. The van der Waals surface area contributed by atoms with E-state index in [-0.39, 0.29) is 5.91 Å². The third-order valence-electron chi connectivity index (χ3n) is 5.14. The van der Waals surface area contributed by atoms with Gasteiger partial charge in [-0.05, 0) is 53.5 Å². The summed E-state index contributed by atoms with van der Waals surface area (Å²) in [5, 5.41) is 0. The lowest BCUT2D eigenvalue weighted by Crippen LogP contribution is -2.27. The molecule has 1 saturated heterocycles. The van der Waals surface area contributed by atoms with E-state index in [1.54, 1.807) is 4.90 Å². The Hall–Kier alpha value is -3.09. The predicted molar refractivity (Wildman–Crippen MR) is 140 cm³/mol. The number of rotatable bonds is 8. The molecule has 33 heavy (non-hydrogen) atoms. The Kier molecular flexibility index (Phi) is 7.47. The lowest BCUT2D eigenvalue weighted by molar-refractivity contribution is -0.113. The average Bonchev–Trinajstić information content (AvgIpc) is 3.11. The van der Waals surface area contributed by atoms with Crippen LogP contribution in [0, 0.1) is 0 Å². The Morgan fingerprint density at radius 3 is 2.30 bits per heavy atom. The molecule has 1 aliphatic rings. The van der Waals surface area contributed by atoms with Gasteiger partial charge in [0.05, 0.1) is 10.6 Å². The van der Waals surface area contributed by atoms with E-state index in [4.69, 9.17) is 21.7 Å². The highest BCUT2D eigenvalue weighted by Gasteiger charge is 2.33. The molecule has 1 aliphatic heterocycles. The lowest BCUT2D eigenvalue weighted by atomic mass is 10.0. The van der Waals surface area contributed by atoms with Crippen molar-refractivity contribution in [3.8, 4) is 11.5 Å². The normalized spacial score (nSPS) is 14.9. The zero-order chi connectivity index (χ0) is 23.2. The predicted octanol–water partition coefficient (Wildman–Crippen LogP) is 6.67. The number of hydrogen-bond acceptors (Lipinski definition) is 5. The van der Waals surface area contributed by atoms with E-state index >= 15 is 0 Å². The number of anilines is 1. The van der Waals surface area contributed by atoms with Gasteiger partial charge >= 0.3 is 0 Å². The first-order valence-electron chi connectivity index (χ1n) is 10.8. The van der Waals surface area contributed by atoms with Gasteiger partial charge in [0.2, 0.25) is 0 Å². The minimum atomic E-state index is -0.102. The van der Waals surface area contributed by atoms with Crippen molar-refractivity contribution in [1.29, 1.82) is 0 Å². The molecule has 1 heterocycles. The lowest BCUT2D eigenvalue weighted by Gasteiger charge is -2.14. The fourth-order valence-electron chi connectivity index (χ4n) is 3.48. The van der Waals surface area contributed by atoms with Crippen LogP contribution in [-0.2, 0) is 4.79 Å². The van der Waals surface area contributed by atoms with Crippen LogP contribution < -0.4 is 14.4 Å². The van der Waals surface area contributed by atoms with Crippen LogP contribution in [0.25, 0.3) is 6.08 Å². The van der Waals surface area contributed by atoms with Gasteiger partial charge in [-0.1, -0.05) is 86.4 Å². The van der Waals surface area contributed by atoms with Gasteiger partial charge in [-0.15, -0.1) is 0 Å². The van der Waals surface area contributed by atoms with E-state index in [1.165, 1.54) is 17.3 Å².